The summed E-state index contributed by atoms with van der Waals surface area (Å²) >= 11 is 0. The quantitative estimate of drug-likeness (QED) is 0.726. The second-order valence-corrected chi connectivity index (χ2v) is 7.67. The van der Waals surface area contributed by atoms with Gasteiger partial charge in [-0.3, -0.25) is 4.79 Å². The van der Waals surface area contributed by atoms with Crippen molar-refractivity contribution < 1.29 is 19.1 Å². The number of aromatic carboxylic acids is 1. The minimum atomic E-state index is -1.20. The molecule has 6 heteroatoms. The summed E-state index contributed by atoms with van der Waals surface area (Å²) < 4.78 is 13.7. The molecule has 1 saturated heterocycles. The first kappa shape index (κ1) is 16.6. The Balaban J connectivity index is 1.60. The van der Waals surface area contributed by atoms with E-state index in [-0.39, 0.29) is 17.7 Å². The fourth-order valence-corrected chi connectivity index (χ4v) is 5.05. The molecule has 3 aliphatic rings. The van der Waals surface area contributed by atoms with Crippen LogP contribution < -0.4 is 5.43 Å². The highest BCUT2D eigenvalue weighted by Gasteiger charge is 2.43. The number of aromatic nitrogens is 1. The molecule has 3 aromatic rings. The molecular formula is C23H17NO5. The third-order valence-corrected chi connectivity index (χ3v) is 6.25. The summed E-state index contributed by atoms with van der Waals surface area (Å²) in [4.78, 5) is 24.0. The number of ether oxygens (including phenoxy) is 1. The monoisotopic (exact) mass is 387 g/mol. The number of allylic oxidation sites excluding steroid dienone is 1. The molecule has 2 aliphatic heterocycles. The van der Waals surface area contributed by atoms with Gasteiger partial charge in [0.1, 0.15) is 17.4 Å². The number of fused-ring (bicyclic) bond motifs is 7. The summed E-state index contributed by atoms with van der Waals surface area (Å²) in [7, 11) is 0. The molecule has 2 atom stereocenters. The van der Waals surface area contributed by atoms with Gasteiger partial charge in [-0.2, -0.15) is 0 Å². The van der Waals surface area contributed by atoms with E-state index in [1.54, 1.807) is 6.26 Å². The summed E-state index contributed by atoms with van der Waals surface area (Å²) in [6.45, 7) is 0.604. The number of benzene rings is 1. The maximum Gasteiger partial charge on any atom is 0.341 e. The van der Waals surface area contributed by atoms with Gasteiger partial charge in [0.15, 0.2) is 5.43 Å². The molecule has 144 valence electrons. The molecule has 0 saturated carbocycles. The fourth-order valence-electron chi connectivity index (χ4n) is 5.05. The van der Waals surface area contributed by atoms with Crippen LogP contribution in [0.5, 0.6) is 0 Å². The first-order valence-electron chi connectivity index (χ1n) is 9.64. The van der Waals surface area contributed by atoms with Crippen molar-refractivity contribution in [2.75, 3.05) is 6.61 Å². The van der Waals surface area contributed by atoms with Gasteiger partial charge in [0.2, 0.25) is 0 Å². The maximum absolute atomic E-state index is 12.5. The molecule has 0 bridgehead atoms. The molecule has 6 rings (SSSR count). The Morgan fingerprint density at radius 2 is 2.03 bits per heavy atom. The lowest BCUT2D eigenvalue weighted by Crippen LogP contribution is -2.31. The van der Waals surface area contributed by atoms with Gasteiger partial charge in [-0.25, -0.2) is 4.79 Å². The molecule has 0 spiro atoms. The van der Waals surface area contributed by atoms with E-state index in [0.717, 1.165) is 45.7 Å². The molecule has 1 aliphatic carbocycles. The predicted octanol–water partition coefficient (Wildman–Crippen LogP) is 3.62. The number of furan rings is 1. The van der Waals surface area contributed by atoms with E-state index in [0.29, 0.717) is 13.0 Å². The van der Waals surface area contributed by atoms with Gasteiger partial charge in [0.05, 0.1) is 12.3 Å². The molecular weight excluding hydrogens is 370 g/mol. The number of rotatable bonds is 2. The van der Waals surface area contributed by atoms with Crippen molar-refractivity contribution in [3.63, 3.8) is 0 Å². The summed E-state index contributed by atoms with van der Waals surface area (Å²) in [5.41, 5.74) is 5.62. The number of hydrogen-bond donors (Lipinski definition) is 1. The van der Waals surface area contributed by atoms with Crippen LogP contribution in [0.1, 0.15) is 39.6 Å². The van der Waals surface area contributed by atoms with Gasteiger partial charge < -0.3 is 18.8 Å². The highest BCUT2D eigenvalue weighted by atomic mass is 16.5. The smallest absolute Gasteiger partial charge is 0.341 e. The first-order valence-corrected chi connectivity index (χ1v) is 9.64. The molecule has 0 amide bonds. The zero-order chi connectivity index (χ0) is 19.7. The Hall–Kier alpha value is -3.38. The fraction of sp³-hybridized carbons (Fsp3) is 0.217. The van der Waals surface area contributed by atoms with Crippen LogP contribution >= 0.6 is 0 Å². The van der Waals surface area contributed by atoms with Gasteiger partial charge >= 0.3 is 5.97 Å². The molecule has 29 heavy (non-hydrogen) atoms. The molecule has 1 fully saturated rings. The summed E-state index contributed by atoms with van der Waals surface area (Å²) in [5, 5.41) is 9.41. The van der Waals surface area contributed by atoms with Crippen LogP contribution in [0.2, 0.25) is 0 Å². The number of pyridine rings is 1. The molecule has 6 nitrogen and oxygen atoms in total. The summed E-state index contributed by atoms with van der Waals surface area (Å²) in [6, 6.07) is 11.4. The lowest BCUT2D eigenvalue weighted by atomic mass is 9.89. The summed E-state index contributed by atoms with van der Waals surface area (Å²) in [6.07, 6.45) is 4.45. The number of nitrogens with zero attached hydrogens (tertiary/aromatic N) is 1. The third-order valence-electron chi connectivity index (χ3n) is 6.25. The van der Waals surface area contributed by atoms with Crippen LogP contribution in [0.25, 0.3) is 22.5 Å². The van der Waals surface area contributed by atoms with Gasteiger partial charge in [0, 0.05) is 36.5 Å². The predicted molar refractivity (Wildman–Crippen MR) is 106 cm³/mol. The zero-order valence-corrected chi connectivity index (χ0v) is 15.4. The van der Waals surface area contributed by atoms with E-state index in [4.69, 9.17) is 9.15 Å². The Morgan fingerprint density at radius 3 is 2.83 bits per heavy atom. The van der Waals surface area contributed by atoms with E-state index in [1.165, 1.54) is 12.3 Å². The standard InChI is InChI=1S/C23H17NO5/c25-19-10-18-15-9-14-12(20-5-2-7-28-20)3-1-4-13(14)21(15)22-17(6-8-29-22)24(18)11-16(19)23(26)27/h1-5,7,10-11,17,22H,6,8-9H2,(H,26,27)/t17-,22+/m1/s1. The van der Waals surface area contributed by atoms with E-state index >= 15 is 0 Å². The second-order valence-electron chi connectivity index (χ2n) is 7.67. The molecule has 2 aromatic heterocycles. The van der Waals surface area contributed by atoms with Crippen LogP contribution in [-0.2, 0) is 11.2 Å². The van der Waals surface area contributed by atoms with Crippen LogP contribution in [-0.4, -0.2) is 28.4 Å². The van der Waals surface area contributed by atoms with Crippen molar-refractivity contribution in [2.24, 2.45) is 0 Å². The van der Waals surface area contributed by atoms with Crippen molar-refractivity contribution in [2.45, 2.75) is 25.0 Å². The number of carbonyl (C=O) groups is 1. The van der Waals surface area contributed by atoms with Crippen LogP contribution in [0.3, 0.4) is 0 Å². The first-order chi connectivity index (χ1) is 14.1. The van der Waals surface area contributed by atoms with Crippen molar-refractivity contribution in [1.29, 1.82) is 0 Å². The van der Waals surface area contributed by atoms with E-state index in [9.17, 15) is 14.7 Å². The maximum atomic E-state index is 12.5. The number of hydrogen-bond acceptors (Lipinski definition) is 4. The highest BCUT2D eigenvalue weighted by molar-refractivity contribution is 6.01. The average Bonchev–Trinajstić information content (AvgIpc) is 3.45. The number of carboxylic acid groups (broad SMARTS) is 1. The minimum Gasteiger partial charge on any atom is -0.477 e. The van der Waals surface area contributed by atoms with E-state index in [1.807, 2.05) is 28.8 Å². The minimum absolute atomic E-state index is 0.0133. The lowest BCUT2D eigenvalue weighted by Gasteiger charge is -2.32. The Bertz CT molecular complexity index is 1260. The molecule has 1 aromatic carbocycles. The second kappa shape index (κ2) is 5.81. The Morgan fingerprint density at radius 1 is 1.17 bits per heavy atom. The lowest BCUT2D eigenvalue weighted by molar-refractivity contribution is 0.0693. The van der Waals surface area contributed by atoms with E-state index in [2.05, 4.69) is 6.07 Å². The normalized spacial score (nSPS) is 21.5. The Labute approximate surface area is 165 Å². The average molecular weight is 387 g/mol. The molecule has 1 N–H and O–H groups in total. The number of carboxylic acids is 1. The van der Waals surface area contributed by atoms with Crippen molar-refractivity contribution >= 4 is 17.1 Å². The van der Waals surface area contributed by atoms with Crippen LogP contribution in [0.4, 0.5) is 0 Å². The highest BCUT2D eigenvalue weighted by Crippen LogP contribution is 2.51. The molecule has 0 unspecified atom stereocenters. The van der Waals surface area contributed by atoms with E-state index < -0.39 is 11.4 Å². The van der Waals surface area contributed by atoms with Crippen LogP contribution in [0, 0.1) is 0 Å². The largest absolute Gasteiger partial charge is 0.477 e. The molecule has 4 heterocycles. The summed E-state index contributed by atoms with van der Waals surface area (Å²) in [5.74, 6) is -0.389. The van der Waals surface area contributed by atoms with Crippen molar-refractivity contribution in [3.8, 4) is 11.3 Å². The van der Waals surface area contributed by atoms with Crippen molar-refractivity contribution in [1.82, 2.24) is 4.57 Å². The van der Waals surface area contributed by atoms with Crippen molar-refractivity contribution in [3.05, 3.63) is 81.5 Å². The molecule has 0 radical (unpaired) electrons. The van der Waals surface area contributed by atoms with Gasteiger partial charge in [0.25, 0.3) is 0 Å². The Kier molecular flexibility index (Phi) is 3.32. The van der Waals surface area contributed by atoms with Crippen LogP contribution in [0.15, 0.2) is 58.1 Å². The third kappa shape index (κ3) is 2.20. The van der Waals surface area contributed by atoms with Gasteiger partial charge in [-0.1, -0.05) is 18.2 Å². The van der Waals surface area contributed by atoms with Gasteiger partial charge in [-0.05, 0) is 40.8 Å². The topological polar surface area (TPSA) is 81.7 Å². The van der Waals surface area contributed by atoms with Gasteiger partial charge in [-0.15, -0.1) is 0 Å². The SMILES string of the molecule is O=C(O)c1cn2c(cc1=O)C1=C(c3cccc(-c4ccco4)c3C1)[C@H]1OCC[C@H]12. The zero-order valence-electron chi connectivity index (χ0n) is 15.4.